The maximum Gasteiger partial charge on any atom is 0.191 e. The van der Waals surface area contributed by atoms with Crippen molar-refractivity contribution in [1.29, 1.82) is 0 Å². The van der Waals surface area contributed by atoms with E-state index in [9.17, 15) is 0 Å². The van der Waals surface area contributed by atoms with Crippen LogP contribution in [0.2, 0.25) is 0 Å². The Hall–Kier alpha value is -2.40. The number of nitrogens with zero attached hydrogens (tertiary/aromatic N) is 1. The first-order chi connectivity index (χ1) is 11.8. The van der Waals surface area contributed by atoms with E-state index in [1.54, 1.807) is 7.11 Å². The largest absolute Gasteiger partial charge is 0.495 e. The van der Waals surface area contributed by atoms with Gasteiger partial charge >= 0.3 is 0 Å². The van der Waals surface area contributed by atoms with Crippen LogP contribution in [0.25, 0.3) is 0 Å². The van der Waals surface area contributed by atoms with E-state index in [4.69, 9.17) is 17.0 Å². The van der Waals surface area contributed by atoms with E-state index in [-0.39, 0.29) is 5.41 Å². The number of hydrogen-bond acceptors (Lipinski definition) is 3. The molecule has 0 bridgehead atoms. The second-order valence-corrected chi connectivity index (χ2v) is 7.20. The molecular formula is C20H25N3OS. The molecule has 0 heterocycles. The molecule has 2 aromatic rings. The fourth-order valence-corrected chi connectivity index (χ4v) is 2.46. The molecule has 0 aliphatic rings. The second kappa shape index (κ2) is 8.12. The molecular weight excluding hydrogens is 330 g/mol. The molecule has 0 saturated carbocycles. The number of methoxy groups -OCH3 is 1. The van der Waals surface area contributed by atoms with E-state index in [0.29, 0.717) is 5.11 Å². The van der Waals surface area contributed by atoms with Crippen LogP contribution in [0, 0.1) is 0 Å². The van der Waals surface area contributed by atoms with Crippen molar-refractivity contribution >= 4 is 28.7 Å². The predicted molar refractivity (Wildman–Crippen MR) is 110 cm³/mol. The van der Waals surface area contributed by atoms with Crippen molar-refractivity contribution in [1.82, 2.24) is 5.43 Å². The van der Waals surface area contributed by atoms with Gasteiger partial charge in [0.25, 0.3) is 0 Å². The summed E-state index contributed by atoms with van der Waals surface area (Å²) < 4.78 is 5.29. The van der Waals surface area contributed by atoms with Crippen LogP contribution in [0.1, 0.15) is 38.8 Å². The molecule has 0 radical (unpaired) electrons. The fourth-order valence-electron chi connectivity index (χ4n) is 2.31. The quantitative estimate of drug-likeness (QED) is 0.474. The molecule has 2 aromatic carbocycles. The molecule has 0 aliphatic carbocycles. The number of benzene rings is 2. The number of hydrazone groups is 1. The molecule has 0 aromatic heterocycles. The van der Waals surface area contributed by atoms with Crippen molar-refractivity contribution in [3.63, 3.8) is 0 Å². The van der Waals surface area contributed by atoms with Crippen LogP contribution >= 0.6 is 12.2 Å². The lowest BCUT2D eigenvalue weighted by molar-refractivity contribution is 0.417. The van der Waals surface area contributed by atoms with Crippen LogP contribution in [0.5, 0.6) is 5.75 Å². The van der Waals surface area contributed by atoms with Crippen molar-refractivity contribution in [2.45, 2.75) is 33.1 Å². The average Bonchev–Trinajstić information content (AvgIpc) is 2.59. The molecule has 0 saturated heterocycles. The van der Waals surface area contributed by atoms with Gasteiger partial charge < -0.3 is 10.1 Å². The zero-order valence-electron chi connectivity index (χ0n) is 15.4. The predicted octanol–water partition coefficient (Wildman–Crippen LogP) is 4.70. The van der Waals surface area contributed by atoms with Gasteiger partial charge in [0, 0.05) is 0 Å². The minimum absolute atomic E-state index is 0.141. The number of thiocarbonyl (C=S) groups is 1. The lowest BCUT2D eigenvalue weighted by atomic mass is 9.86. The second-order valence-electron chi connectivity index (χ2n) is 6.79. The molecule has 25 heavy (non-hydrogen) atoms. The zero-order valence-corrected chi connectivity index (χ0v) is 16.2. The molecule has 0 aliphatic heterocycles. The van der Waals surface area contributed by atoms with Gasteiger partial charge in [-0.25, -0.2) is 0 Å². The Morgan fingerprint density at radius 1 is 1.04 bits per heavy atom. The summed E-state index contributed by atoms with van der Waals surface area (Å²) in [6.45, 7) is 8.55. The number of ether oxygens (including phenoxy) is 1. The third-order valence-corrected chi connectivity index (χ3v) is 4.04. The molecule has 132 valence electrons. The zero-order chi connectivity index (χ0) is 18.4. The number of rotatable bonds is 4. The summed E-state index contributed by atoms with van der Waals surface area (Å²) in [6.07, 6.45) is 0. The van der Waals surface area contributed by atoms with Crippen LogP contribution in [-0.2, 0) is 5.41 Å². The summed E-state index contributed by atoms with van der Waals surface area (Å²) in [5.41, 5.74) is 7.03. The van der Waals surface area contributed by atoms with Gasteiger partial charge in [-0.15, -0.1) is 0 Å². The van der Waals surface area contributed by atoms with Crippen LogP contribution in [0.4, 0.5) is 5.69 Å². The minimum Gasteiger partial charge on any atom is -0.495 e. The maximum atomic E-state index is 5.30. The van der Waals surface area contributed by atoms with E-state index >= 15 is 0 Å². The first kappa shape index (κ1) is 18.9. The molecule has 0 amide bonds. The van der Waals surface area contributed by atoms with E-state index in [2.05, 4.69) is 60.9 Å². The van der Waals surface area contributed by atoms with Gasteiger partial charge in [0.2, 0.25) is 0 Å². The summed E-state index contributed by atoms with van der Waals surface area (Å²) in [7, 11) is 1.63. The average molecular weight is 356 g/mol. The standard InChI is InChI=1S/C20H25N3OS/c1-14(15-10-12-16(13-11-15)20(2,3)4)22-23-19(25)21-17-8-6-7-9-18(17)24-5/h6-13H,1-5H3,(H2,21,23,25). The molecule has 4 nitrogen and oxygen atoms in total. The Morgan fingerprint density at radius 2 is 1.68 bits per heavy atom. The topological polar surface area (TPSA) is 45.6 Å². The molecule has 0 unspecified atom stereocenters. The van der Waals surface area contributed by atoms with Crippen LogP contribution in [0.3, 0.4) is 0 Å². The summed E-state index contributed by atoms with van der Waals surface area (Å²) >= 11 is 5.30. The molecule has 0 fully saturated rings. The summed E-state index contributed by atoms with van der Waals surface area (Å²) in [5, 5.41) is 7.86. The van der Waals surface area contributed by atoms with Gasteiger partial charge in [-0.1, -0.05) is 57.2 Å². The number of nitrogens with one attached hydrogen (secondary N) is 2. The van der Waals surface area contributed by atoms with Crippen molar-refractivity contribution < 1.29 is 4.74 Å². The molecule has 5 heteroatoms. The Labute approximate surface area is 155 Å². The van der Waals surface area contributed by atoms with E-state index < -0.39 is 0 Å². The van der Waals surface area contributed by atoms with Crippen LogP contribution < -0.4 is 15.5 Å². The minimum atomic E-state index is 0.141. The third-order valence-electron chi connectivity index (χ3n) is 3.85. The van der Waals surface area contributed by atoms with Crippen molar-refractivity contribution in [3.05, 3.63) is 59.7 Å². The summed E-state index contributed by atoms with van der Waals surface area (Å²) in [5.74, 6) is 0.727. The van der Waals surface area contributed by atoms with Crippen molar-refractivity contribution in [2.24, 2.45) is 5.10 Å². The van der Waals surface area contributed by atoms with Gasteiger partial charge in [0.15, 0.2) is 5.11 Å². The maximum absolute atomic E-state index is 5.30. The van der Waals surface area contributed by atoms with Gasteiger partial charge in [-0.2, -0.15) is 5.10 Å². The Kier molecular flexibility index (Phi) is 6.15. The molecule has 2 N–H and O–H groups in total. The number of hydrogen-bond donors (Lipinski definition) is 2. The van der Waals surface area contributed by atoms with Gasteiger partial charge in [-0.05, 0) is 47.8 Å². The summed E-state index contributed by atoms with van der Waals surface area (Å²) in [4.78, 5) is 0. The number of para-hydroxylation sites is 2. The SMILES string of the molecule is COc1ccccc1NC(=S)NN=C(C)c1ccc(C(C)(C)C)cc1. The van der Waals surface area contributed by atoms with Gasteiger partial charge in [0.05, 0.1) is 18.5 Å². The molecule has 0 spiro atoms. The Bertz CT molecular complexity index is 761. The highest BCUT2D eigenvalue weighted by molar-refractivity contribution is 7.80. The lowest BCUT2D eigenvalue weighted by Crippen LogP contribution is -2.25. The number of anilines is 1. The lowest BCUT2D eigenvalue weighted by Gasteiger charge is -2.19. The van der Waals surface area contributed by atoms with Crippen molar-refractivity contribution in [3.8, 4) is 5.75 Å². The van der Waals surface area contributed by atoms with Gasteiger partial charge in [-0.3, -0.25) is 5.43 Å². The van der Waals surface area contributed by atoms with E-state index in [1.807, 2.05) is 31.2 Å². The molecule has 2 rings (SSSR count). The van der Waals surface area contributed by atoms with Crippen LogP contribution in [-0.4, -0.2) is 17.9 Å². The molecule has 0 atom stereocenters. The van der Waals surface area contributed by atoms with Crippen molar-refractivity contribution in [2.75, 3.05) is 12.4 Å². The normalized spacial score (nSPS) is 11.8. The van der Waals surface area contributed by atoms with Crippen LogP contribution in [0.15, 0.2) is 53.6 Å². The monoisotopic (exact) mass is 355 g/mol. The Balaban J connectivity index is 2.02. The first-order valence-corrected chi connectivity index (χ1v) is 8.57. The van der Waals surface area contributed by atoms with Gasteiger partial charge in [0.1, 0.15) is 5.75 Å². The Morgan fingerprint density at radius 3 is 2.28 bits per heavy atom. The highest BCUT2D eigenvalue weighted by Crippen LogP contribution is 2.23. The van der Waals surface area contributed by atoms with E-state index in [1.165, 1.54) is 5.56 Å². The highest BCUT2D eigenvalue weighted by atomic mass is 32.1. The first-order valence-electron chi connectivity index (χ1n) is 8.16. The smallest absolute Gasteiger partial charge is 0.191 e. The fraction of sp³-hybridized carbons (Fsp3) is 0.300. The van der Waals surface area contributed by atoms with E-state index in [0.717, 1.165) is 22.7 Å². The summed E-state index contributed by atoms with van der Waals surface area (Å²) in [6, 6.07) is 16.0. The third kappa shape index (κ3) is 5.29. The highest BCUT2D eigenvalue weighted by Gasteiger charge is 2.13.